The number of piperazine rings is 1. The Morgan fingerprint density at radius 2 is 1.69 bits per heavy atom. The molecule has 5 nitrogen and oxygen atoms in total. The number of carbonyl (C=O) groups is 1. The summed E-state index contributed by atoms with van der Waals surface area (Å²) < 4.78 is 5.71. The fourth-order valence-corrected chi connectivity index (χ4v) is 3.74. The quantitative estimate of drug-likeness (QED) is 0.679. The van der Waals surface area contributed by atoms with Crippen molar-refractivity contribution < 1.29 is 9.21 Å². The lowest BCUT2D eigenvalue weighted by molar-refractivity contribution is 0.0598. The minimum atomic E-state index is -0.214. The van der Waals surface area contributed by atoms with Crippen molar-refractivity contribution in [2.24, 2.45) is 0 Å². The molecule has 1 aliphatic rings. The van der Waals surface area contributed by atoms with Gasteiger partial charge in [0.15, 0.2) is 11.2 Å². The summed E-state index contributed by atoms with van der Waals surface area (Å²) in [6.07, 6.45) is 0. The van der Waals surface area contributed by atoms with Gasteiger partial charge in [-0.15, -0.1) is 0 Å². The van der Waals surface area contributed by atoms with Crippen molar-refractivity contribution in [3.63, 3.8) is 0 Å². The minimum Gasteiger partial charge on any atom is -0.451 e. The number of hydrogen-bond acceptors (Lipinski definition) is 4. The van der Waals surface area contributed by atoms with Crippen LogP contribution in [0.5, 0.6) is 0 Å². The summed E-state index contributed by atoms with van der Waals surface area (Å²) in [5.41, 5.74) is 2.90. The van der Waals surface area contributed by atoms with Crippen molar-refractivity contribution in [1.82, 2.24) is 9.80 Å². The van der Waals surface area contributed by atoms with E-state index in [-0.39, 0.29) is 17.1 Å². The number of amides is 1. The standard InChI is InChI=1S/C24H26N2O3/c1-17(2)19-9-7-18(8-10-19)16-25-11-13-26(14-12-25)24(28)23-15-21(27)20-5-3-4-6-22(20)29-23/h3-10,15,17H,11-14,16H2,1-2H3. The Hall–Kier alpha value is -2.92. The van der Waals surface area contributed by atoms with Crippen molar-refractivity contribution in [3.8, 4) is 0 Å². The fourth-order valence-electron chi connectivity index (χ4n) is 3.74. The Morgan fingerprint density at radius 3 is 2.38 bits per heavy atom. The molecule has 0 radical (unpaired) electrons. The zero-order chi connectivity index (χ0) is 20.4. The van der Waals surface area contributed by atoms with Gasteiger partial charge < -0.3 is 9.32 Å². The maximum Gasteiger partial charge on any atom is 0.289 e. The second kappa shape index (κ2) is 8.21. The van der Waals surface area contributed by atoms with E-state index in [0.717, 1.165) is 19.6 Å². The largest absolute Gasteiger partial charge is 0.451 e. The van der Waals surface area contributed by atoms with E-state index < -0.39 is 0 Å². The molecule has 0 saturated carbocycles. The molecule has 1 fully saturated rings. The molecule has 3 aromatic rings. The van der Waals surface area contributed by atoms with Gasteiger partial charge in [-0.3, -0.25) is 14.5 Å². The zero-order valence-electron chi connectivity index (χ0n) is 16.9. The van der Waals surface area contributed by atoms with Gasteiger partial charge in [0.25, 0.3) is 5.91 Å². The lowest BCUT2D eigenvalue weighted by Crippen LogP contribution is -2.48. The Morgan fingerprint density at radius 1 is 1.00 bits per heavy atom. The maximum atomic E-state index is 12.8. The third kappa shape index (κ3) is 4.25. The average Bonchev–Trinajstić information content (AvgIpc) is 2.74. The van der Waals surface area contributed by atoms with Crippen LogP contribution in [0.15, 0.2) is 63.8 Å². The van der Waals surface area contributed by atoms with Crippen LogP contribution in [0.3, 0.4) is 0 Å². The lowest BCUT2D eigenvalue weighted by atomic mass is 10.0. The van der Waals surface area contributed by atoms with Gasteiger partial charge in [0, 0.05) is 38.8 Å². The van der Waals surface area contributed by atoms with E-state index in [1.54, 1.807) is 29.2 Å². The van der Waals surface area contributed by atoms with Gasteiger partial charge >= 0.3 is 0 Å². The number of benzene rings is 2. The molecule has 0 unspecified atom stereocenters. The summed E-state index contributed by atoms with van der Waals surface area (Å²) in [4.78, 5) is 29.2. The van der Waals surface area contributed by atoms with Crippen LogP contribution in [0.4, 0.5) is 0 Å². The first-order valence-electron chi connectivity index (χ1n) is 10.1. The van der Waals surface area contributed by atoms with Crippen LogP contribution in [0.1, 0.15) is 41.4 Å². The maximum absolute atomic E-state index is 12.8. The van der Waals surface area contributed by atoms with Crippen LogP contribution in [0.25, 0.3) is 11.0 Å². The van der Waals surface area contributed by atoms with E-state index in [9.17, 15) is 9.59 Å². The van der Waals surface area contributed by atoms with E-state index in [0.29, 0.717) is 30.0 Å². The number of hydrogen-bond donors (Lipinski definition) is 0. The van der Waals surface area contributed by atoms with Crippen molar-refractivity contribution in [2.75, 3.05) is 26.2 Å². The highest BCUT2D eigenvalue weighted by Crippen LogP contribution is 2.17. The summed E-state index contributed by atoms with van der Waals surface area (Å²) in [6.45, 7) is 8.13. The Kier molecular flexibility index (Phi) is 5.49. The zero-order valence-corrected chi connectivity index (χ0v) is 16.9. The van der Waals surface area contributed by atoms with Gasteiger partial charge in [0.1, 0.15) is 5.58 Å². The summed E-state index contributed by atoms with van der Waals surface area (Å²) in [5.74, 6) is 0.439. The summed E-state index contributed by atoms with van der Waals surface area (Å²) in [6, 6.07) is 17.1. The second-order valence-corrected chi connectivity index (χ2v) is 7.94. The molecule has 0 atom stereocenters. The first-order chi connectivity index (χ1) is 14.0. The first kappa shape index (κ1) is 19.4. The molecule has 0 spiro atoms. The van der Waals surface area contributed by atoms with Crippen LogP contribution >= 0.6 is 0 Å². The number of nitrogens with zero attached hydrogens (tertiary/aromatic N) is 2. The van der Waals surface area contributed by atoms with Crippen molar-refractivity contribution in [1.29, 1.82) is 0 Å². The summed E-state index contributed by atoms with van der Waals surface area (Å²) in [7, 11) is 0. The third-order valence-corrected chi connectivity index (χ3v) is 5.56. The van der Waals surface area contributed by atoms with E-state index >= 15 is 0 Å². The van der Waals surface area contributed by atoms with E-state index in [1.807, 2.05) is 0 Å². The SMILES string of the molecule is CC(C)c1ccc(CN2CCN(C(=O)c3cc(=O)c4ccccc4o3)CC2)cc1. The molecule has 0 bridgehead atoms. The van der Waals surface area contributed by atoms with Crippen LogP contribution in [0, 0.1) is 0 Å². The molecule has 1 amide bonds. The fraction of sp³-hybridized carbons (Fsp3) is 0.333. The highest BCUT2D eigenvalue weighted by molar-refractivity contribution is 5.93. The Bertz CT molecular complexity index is 1060. The van der Waals surface area contributed by atoms with Gasteiger partial charge in [-0.1, -0.05) is 50.2 Å². The van der Waals surface area contributed by atoms with Gasteiger partial charge in [0.05, 0.1) is 5.39 Å². The second-order valence-electron chi connectivity index (χ2n) is 7.94. The normalized spacial score (nSPS) is 15.2. The van der Waals surface area contributed by atoms with E-state index in [2.05, 4.69) is 43.0 Å². The van der Waals surface area contributed by atoms with Crippen LogP contribution < -0.4 is 5.43 Å². The number of para-hydroxylation sites is 1. The average molecular weight is 390 g/mol. The van der Waals surface area contributed by atoms with E-state index in [1.165, 1.54) is 17.2 Å². The molecule has 150 valence electrons. The summed E-state index contributed by atoms with van der Waals surface area (Å²) >= 11 is 0. The molecule has 2 aromatic carbocycles. The topological polar surface area (TPSA) is 53.8 Å². The predicted octanol–water partition coefficient (Wildman–Crippen LogP) is 3.87. The lowest BCUT2D eigenvalue weighted by Gasteiger charge is -2.34. The first-order valence-corrected chi connectivity index (χ1v) is 10.1. The number of rotatable bonds is 4. The minimum absolute atomic E-state index is 0.117. The van der Waals surface area contributed by atoms with E-state index in [4.69, 9.17) is 4.42 Å². The highest BCUT2D eigenvalue weighted by Gasteiger charge is 2.24. The van der Waals surface area contributed by atoms with Gasteiger partial charge in [0.2, 0.25) is 0 Å². The van der Waals surface area contributed by atoms with Crippen LogP contribution in [0.2, 0.25) is 0 Å². The summed E-state index contributed by atoms with van der Waals surface area (Å²) in [5, 5.41) is 0.498. The van der Waals surface area contributed by atoms with Crippen molar-refractivity contribution >= 4 is 16.9 Å². The molecule has 1 aliphatic heterocycles. The molecule has 5 heteroatoms. The molecular weight excluding hydrogens is 364 g/mol. The molecule has 0 N–H and O–H groups in total. The molecule has 2 heterocycles. The highest BCUT2D eigenvalue weighted by atomic mass is 16.3. The smallest absolute Gasteiger partial charge is 0.289 e. The number of carbonyl (C=O) groups excluding carboxylic acids is 1. The molecule has 0 aliphatic carbocycles. The third-order valence-electron chi connectivity index (χ3n) is 5.56. The monoisotopic (exact) mass is 390 g/mol. The predicted molar refractivity (Wildman–Crippen MR) is 114 cm³/mol. The molecule has 1 saturated heterocycles. The van der Waals surface area contributed by atoms with Crippen molar-refractivity contribution in [2.45, 2.75) is 26.3 Å². The van der Waals surface area contributed by atoms with Gasteiger partial charge in [-0.05, 0) is 29.2 Å². The molecule has 1 aromatic heterocycles. The van der Waals surface area contributed by atoms with Gasteiger partial charge in [-0.25, -0.2) is 0 Å². The van der Waals surface area contributed by atoms with Crippen LogP contribution in [-0.4, -0.2) is 41.9 Å². The van der Waals surface area contributed by atoms with Crippen LogP contribution in [-0.2, 0) is 6.54 Å². The number of fused-ring (bicyclic) bond motifs is 1. The Balaban J connectivity index is 1.39. The molecule has 29 heavy (non-hydrogen) atoms. The molecule has 4 rings (SSSR count). The molecular formula is C24H26N2O3. The van der Waals surface area contributed by atoms with Gasteiger partial charge in [-0.2, -0.15) is 0 Å². The Labute approximate surface area is 170 Å². The van der Waals surface area contributed by atoms with Crippen molar-refractivity contribution in [3.05, 3.63) is 81.7 Å².